The van der Waals surface area contributed by atoms with Crippen LogP contribution in [0, 0.1) is 0 Å². The molecule has 18 heavy (non-hydrogen) atoms. The van der Waals surface area contributed by atoms with Gasteiger partial charge in [0.15, 0.2) is 0 Å². The quantitative estimate of drug-likeness (QED) is 0.816. The average Bonchev–Trinajstić information content (AvgIpc) is 2.90. The third-order valence-corrected chi connectivity index (χ3v) is 4.11. The molecule has 1 aliphatic rings. The fraction of sp³-hybridized carbons (Fsp3) is 0.615. The van der Waals surface area contributed by atoms with Gasteiger partial charge in [-0.15, -0.1) is 11.3 Å². The van der Waals surface area contributed by atoms with Crippen LogP contribution in [0.2, 0.25) is 0 Å². The predicted molar refractivity (Wildman–Crippen MR) is 75.2 cm³/mol. The molecule has 2 rings (SSSR count). The van der Waals surface area contributed by atoms with Crippen LogP contribution in [0.1, 0.15) is 9.67 Å². The molecule has 0 bridgehead atoms. The highest BCUT2D eigenvalue weighted by atomic mass is 32.1. The lowest BCUT2D eigenvalue weighted by Gasteiger charge is -2.35. The van der Waals surface area contributed by atoms with Crippen molar-refractivity contribution in [1.29, 1.82) is 0 Å². The van der Waals surface area contributed by atoms with Gasteiger partial charge in [0.2, 0.25) is 0 Å². The fourth-order valence-corrected chi connectivity index (χ4v) is 2.76. The van der Waals surface area contributed by atoms with E-state index in [1.54, 1.807) is 0 Å². The fourth-order valence-electron chi connectivity index (χ4n) is 2.07. The summed E-state index contributed by atoms with van der Waals surface area (Å²) in [4.78, 5) is 19.6. The number of likely N-dealkylation sites (N-methyl/N-ethyl adjacent to an activating group) is 1. The van der Waals surface area contributed by atoms with Gasteiger partial charge in [0, 0.05) is 39.3 Å². The lowest BCUT2D eigenvalue weighted by molar-refractivity contribution is 0.0634. The number of piperazine rings is 1. The number of rotatable bonds is 4. The molecule has 1 aliphatic heterocycles. The van der Waals surface area contributed by atoms with Crippen molar-refractivity contribution < 1.29 is 4.79 Å². The molecule has 1 aromatic rings. The maximum Gasteiger partial charge on any atom is 0.264 e. The first-order chi connectivity index (χ1) is 8.66. The molecule has 0 atom stereocenters. The number of thiophene rings is 1. The van der Waals surface area contributed by atoms with Gasteiger partial charge in [-0.3, -0.25) is 9.69 Å². The Morgan fingerprint density at radius 2 is 2.06 bits per heavy atom. The van der Waals surface area contributed by atoms with Gasteiger partial charge in [0.25, 0.3) is 5.91 Å². The number of hydrogen-bond acceptors (Lipinski definition) is 4. The largest absolute Gasteiger partial charge is 0.335 e. The maximum atomic E-state index is 12.1. The molecule has 2 heterocycles. The second-order valence-corrected chi connectivity index (χ2v) is 5.86. The molecule has 0 spiro atoms. The molecule has 0 N–H and O–H groups in total. The smallest absolute Gasteiger partial charge is 0.264 e. The first kappa shape index (κ1) is 13.5. The van der Waals surface area contributed by atoms with E-state index in [4.69, 9.17) is 0 Å². The van der Waals surface area contributed by atoms with Crippen LogP contribution < -0.4 is 0 Å². The van der Waals surface area contributed by atoms with Crippen LogP contribution in [-0.2, 0) is 0 Å². The summed E-state index contributed by atoms with van der Waals surface area (Å²) in [7, 11) is 4.19. The Morgan fingerprint density at radius 1 is 1.33 bits per heavy atom. The molecule has 1 fully saturated rings. The van der Waals surface area contributed by atoms with Crippen LogP contribution in [0.15, 0.2) is 17.5 Å². The van der Waals surface area contributed by atoms with E-state index in [9.17, 15) is 4.79 Å². The molecule has 0 aromatic carbocycles. The van der Waals surface area contributed by atoms with E-state index in [2.05, 4.69) is 23.9 Å². The molecular weight excluding hydrogens is 246 g/mol. The van der Waals surface area contributed by atoms with Crippen LogP contribution in [0.3, 0.4) is 0 Å². The Kier molecular flexibility index (Phi) is 4.74. The summed E-state index contributed by atoms with van der Waals surface area (Å²) in [6.07, 6.45) is 0. The van der Waals surface area contributed by atoms with E-state index in [1.807, 2.05) is 22.4 Å². The standard InChI is InChI=1S/C13H21N3OS/c1-14(2)5-6-15-7-9-16(10-8-15)13(17)12-4-3-11-18-12/h3-4,11H,5-10H2,1-2H3. The maximum absolute atomic E-state index is 12.1. The number of carbonyl (C=O) groups is 1. The summed E-state index contributed by atoms with van der Waals surface area (Å²) < 4.78 is 0. The Labute approximate surface area is 113 Å². The molecule has 0 saturated carbocycles. The summed E-state index contributed by atoms with van der Waals surface area (Å²) in [5, 5.41) is 1.96. The lowest BCUT2D eigenvalue weighted by Crippen LogP contribution is -2.49. The minimum atomic E-state index is 0.192. The first-order valence-corrected chi connectivity index (χ1v) is 7.24. The van der Waals surface area contributed by atoms with Crippen molar-refractivity contribution in [2.24, 2.45) is 0 Å². The average molecular weight is 267 g/mol. The van der Waals surface area contributed by atoms with Crippen LogP contribution in [0.4, 0.5) is 0 Å². The highest BCUT2D eigenvalue weighted by Gasteiger charge is 2.22. The Balaban J connectivity index is 1.78. The molecule has 5 heteroatoms. The van der Waals surface area contributed by atoms with Crippen molar-refractivity contribution in [1.82, 2.24) is 14.7 Å². The van der Waals surface area contributed by atoms with E-state index >= 15 is 0 Å². The van der Waals surface area contributed by atoms with Crippen molar-refractivity contribution in [2.75, 3.05) is 53.4 Å². The molecule has 1 aromatic heterocycles. The molecule has 0 aliphatic carbocycles. The SMILES string of the molecule is CN(C)CCN1CCN(C(=O)c2cccs2)CC1. The Bertz CT molecular complexity index is 370. The molecule has 0 unspecified atom stereocenters. The number of amides is 1. The van der Waals surface area contributed by atoms with Gasteiger partial charge in [0.1, 0.15) is 0 Å². The van der Waals surface area contributed by atoms with Gasteiger partial charge < -0.3 is 9.80 Å². The van der Waals surface area contributed by atoms with Gasteiger partial charge in [-0.05, 0) is 25.5 Å². The predicted octanol–water partition coefficient (Wildman–Crippen LogP) is 1.07. The van der Waals surface area contributed by atoms with E-state index in [-0.39, 0.29) is 5.91 Å². The van der Waals surface area contributed by atoms with Crippen LogP contribution >= 0.6 is 11.3 Å². The second kappa shape index (κ2) is 6.31. The van der Waals surface area contributed by atoms with E-state index in [1.165, 1.54) is 11.3 Å². The summed E-state index contributed by atoms with van der Waals surface area (Å²) in [6.45, 7) is 5.86. The lowest BCUT2D eigenvalue weighted by atomic mass is 10.3. The summed E-state index contributed by atoms with van der Waals surface area (Å²) in [5.41, 5.74) is 0. The molecule has 1 saturated heterocycles. The van der Waals surface area contributed by atoms with E-state index in [0.717, 1.165) is 44.1 Å². The normalized spacial score (nSPS) is 17.4. The highest BCUT2D eigenvalue weighted by Crippen LogP contribution is 2.13. The monoisotopic (exact) mass is 267 g/mol. The minimum Gasteiger partial charge on any atom is -0.335 e. The van der Waals surface area contributed by atoms with Crippen molar-refractivity contribution in [2.45, 2.75) is 0 Å². The van der Waals surface area contributed by atoms with Gasteiger partial charge in [-0.1, -0.05) is 6.07 Å². The first-order valence-electron chi connectivity index (χ1n) is 6.36. The van der Waals surface area contributed by atoms with E-state index in [0.29, 0.717) is 0 Å². The summed E-state index contributed by atoms with van der Waals surface area (Å²) >= 11 is 1.53. The number of hydrogen-bond donors (Lipinski definition) is 0. The van der Waals surface area contributed by atoms with Crippen molar-refractivity contribution in [3.05, 3.63) is 22.4 Å². The van der Waals surface area contributed by atoms with Crippen molar-refractivity contribution in [3.63, 3.8) is 0 Å². The van der Waals surface area contributed by atoms with Crippen LogP contribution in [-0.4, -0.2) is 74.0 Å². The van der Waals surface area contributed by atoms with Gasteiger partial charge in [-0.2, -0.15) is 0 Å². The van der Waals surface area contributed by atoms with Gasteiger partial charge >= 0.3 is 0 Å². The molecule has 4 nitrogen and oxygen atoms in total. The zero-order valence-corrected chi connectivity index (χ0v) is 11.9. The third kappa shape index (κ3) is 3.54. The topological polar surface area (TPSA) is 26.8 Å². The summed E-state index contributed by atoms with van der Waals surface area (Å²) in [6, 6.07) is 3.84. The zero-order valence-electron chi connectivity index (χ0n) is 11.1. The number of carbonyl (C=O) groups excluding carboxylic acids is 1. The minimum absolute atomic E-state index is 0.192. The second-order valence-electron chi connectivity index (χ2n) is 4.91. The van der Waals surface area contributed by atoms with Gasteiger partial charge in [-0.25, -0.2) is 0 Å². The van der Waals surface area contributed by atoms with Crippen molar-refractivity contribution in [3.8, 4) is 0 Å². The Hall–Kier alpha value is -0.910. The zero-order chi connectivity index (χ0) is 13.0. The molecule has 100 valence electrons. The van der Waals surface area contributed by atoms with Gasteiger partial charge in [0.05, 0.1) is 4.88 Å². The summed E-state index contributed by atoms with van der Waals surface area (Å²) in [5.74, 6) is 0.192. The van der Waals surface area contributed by atoms with Crippen molar-refractivity contribution >= 4 is 17.2 Å². The Morgan fingerprint density at radius 3 is 2.61 bits per heavy atom. The molecule has 0 radical (unpaired) electrons. The molecule has 1 amide bonds. The van der Waals surface area contributed by atoms with Crippen LogP contribution in [0.5, 0.6) is 0 Å². The highest BCUT2D eigenvalue weighted by molar-refractivity contribution is 7.12. The van der Waals surface area contributed by atoms with E-state index < -0.39 is 0 Å². The number of nitrogens with zero attached hydrogens (tertiary/aromatic N) is 3. The molecular formula is C13H21N3OS. The van der Waals surface area contributed by atoms with Crippen LogP contribution in [0.25, 0.3) is 0 Å². The third-order valence-electron chi connectivity index (χ3n) is 3.25.